The van der Waals surface area contributed by atoms with Gasteiger partial charge in [0.25, 0.3) is 5.56 Å². The number of carbonyl (C=O) groups is 1. The topological polar surface area (TPSA) is 76.5 Å². The zero-order valence-corrected chi connectivity index (χ0v) is 16.8. The van der Waals surface area contributed by atoms with E-state index >= 15 is 0 Å². The second-order valence-corrected chi connectivity index (χ2v) is 7.29. The van der Waals surface area contributed by atoms with Crippen LogP contribution in [0.2, 0.25) is 0 Å². The smallest absolute Gasteiger partial charge is 0.275 e. The molecule has 1 unspecified atom stereocenters. The SMILES string of the molecule is CCC(CC)C(CNC(=O)Cn1ncc2ccccc2c1=O)N1CCOCC1. The van der Waals surface area contributed by atoms with Crippen LogP contribution in [0.3, 0.4) is 0 Å². The highest BCUT2D eigenvalue weighted by atomic mass is 16.5. The first-order chi connectivity index (χ1) is 13.6. The van der Waals surface area contributed by atoms with Crippen LogP contribution in [0.15, 0.2) is 35.3 Å². The molecular weight excluding hydrogens is 356 g/mol. The summed E-state index contributed by atoms with van der Waals surface area (Å²) in [7, 11) is 0. The molecule has 3 rings (SSSR count). The maximum atomic E-state index is 12.5. The van der Waals surface area contributed by atoms with Gasteiger partial charge in [0.05, 0.1) is 24.8 Å². The highest BCUT2D eigenvalue weighted by Crippen LogP contribution is 2.19. The van der Waals surface area contributed by atoms with Crippen LogP contribution in [-0.2, 0) is 16.1 Å². The van der Waals surface area contributed by atoms with E-state index in [2.05, 4.69) is 29.2 Å². The molecule has 0 spiro atoms. The van der Waals surface area contributed by atoms with Gasteiger partial charge in [0.1, 0.15) is 6.54 Å². The van der Waals surface area contributed by atoms with E-state index in [4.69, 9.17) is 4.74 Å². The molecule has 1 atom stereocenters. The lowest BCUT2D eigenvalue weighted by molar-refractivity contribution is -0.122. The molecule has 7 nitrogen and oxygen atoms in total. The molecule has 0 saturated carbocycles. The van der Waals surface area contributed by atoms with Crippen molar-refractivity contribution >= 4 is 16.7 Å². The number of fused-ring (bicyclic) bond motifs is 1. The fourth-order valence-corrected chi connectivity index (χ4v) is 3.99. The van der Waals surface area contributed by atoms with Gasteiger partial charge >= 0.3 is 0 Å². The molecule has 0 bridgehead atoms. The van der Waals surface area contributed by atoms with Crippen molar-refractivity contribution < 1.29 is 9.53 Å². The molecule has 1 aliphatic heterocycles. The summed E-state index contributed by atoms with van der Waals surface area (Å²) >= 11 is 0. The number of carbonyl (C=O) groups excluding carboxylic acids is 1. The summed E-state index contributed by atoms with van der Waals surface area (Å²) in [6, 6.07) is 7.57. The summed E-state index contributed by atoms with van der Waals surface area (Å²) in [6.45, 7) is 8.16. The fraction of sp³-hybridized carbons (Fsp3) is 0.571. The van der Waals surface area contributed by atoms with Crippen molar-refractivity contribution in [3.8, 4) is 0 Å². The summed E-state index contributed by atoms with van der Waals surface area (Å²) in [5.74, 6) is 0.328. The molecule has 1 aromatic carbocycles. The van der Waals surface area contributed by atoms with Crippen LogP contribution in [0, 0.1) is 5.92 Å². The van der Waals surface area contributed by atoms with Gasteiger partial charge in [-0.05, 0) is 12.0 Å². The van der Waals surface area contributed by atoms with Gasteiger partial charge in [-0.1, -0.05) is 44.9 Å². The third-order valence-electron chi connectivity index (χ3n) is 5.67. The predicted octanol–water partition coefficient (Wildman–Crippen LogP) is 1.65. The molecule has 0 radical (unpaired) electrons. The van der Waals surface area contributed by atoms with Crippen molar-refractivity contribution in [1.29, 1.82) is 0 Å². The number of aromatic nitrogens is 2. The van der Waals surface area contributed by atoms with Crippen LogP contribution < -0.4 is 10.9 Å². The summed E-state index contributed by atoms with van der Waals surface area (Å²) in [4.78, 5) is 27.5. The van der Waals surface area contributed by atoms with Crippen LogP contribution in [0.5, 0.6) is 0 Å². The van der Waals surface area contributed by atoms with Gasteiger partial charge in [-0.2, -0.15) is 5.10 Å². The Morgan fingerprint density at radius 2 is 1.93 bits per heavy atom. The van der Waals surface area contributed by atoms with Crippen molar-refractivity contribution in [3.63, 3.8) is 0 Å². The molecule has 1 saturated heterocycles. The monoisotopic (exact) mass is 386 g/mol. The largest absolute Gasteiger partial charge is 0.379 e. The number of nitrogens with zero attached hydrogens (tertiary/aromatic N) is 3. The molecule has 152 valence electrons. The Hall–Kier alpha value is -2.25. The first-order valence-corrected chi connectivity index (χ1v) is 10.2. The minimum absolute atomic E-state index is 0.0670. The normalized spacial score (nSPS) is 16.4. The van der Waals surface area contributed by atoms with Crippen LogP contribution in [0.25, 0.3) is 10.8 Å². The molecular formula is C21H30N4O3. The Labute approximate surface area is 165 Å². The molecule has 1 N–H and O–H groups in total. The van der Waals surface area contributed by atoms with Gasteiger partial charge < -0.3 is 10.1 Å². The van der Waals surface area contributed by atoms with E-state index < -0.39 is 0 Å². The third-order valence-corrected chi connectivity index (χ3v) is 5.67. The molecule has 1 aliphatic rings. The Kier molecular flexibility index (Phi) is 7.17. The second-order valence-electron chi connectivity index (χ2n) is 7.29. The summed E-state index contributed by atoms with van der Waals surface area (Å²) < 4.78 is 6.71. The minimum atomic E-state index is -0.238. The minimum Gasteiger partial charge on any atom is -0.379 e. The predicted molar refractivity (Wildman–Crippen MR) is 109 cm³/mol. The highest BCUT2D eigenvalue weighted by molar-refractivity contribution is 5.81. The fourth-order valence-electron chi connectivity index (χ4n) is 3.99. The third kappa shape index (κ3) is 4.77. The summed E-state index contributed by atoms with van der Waals surface area (Å²) in [5, 5.41) is 8.54. The molecule has 1 amide bonds. The van der Waals surface area contributed by atoms with Crippen molar-refractivity contribution in [2.45, 2.75) is 39.3 Å². The Morgan fingerprint density at radius 3 is 2.64 bits per heavy atom. The first kappa shape index (κ1) is 20.5. The molecule has 2 aromatic rings. The van der Waals surface area contributed by atoms with E-state index in [1.165, 1.54) is 4.68 Å². The summed E-state index contributed by atoms with van der Waals surface area (Å²) in [5.41, 5.74) is -0.238. The standard InChI is InChI=1S/C21H30N4O3/c1-3-16(4-2)19(24-9-11-28-12-10-24)14-22-20(26)15-25-21(27)18-8-6-5-7-17(18)13-23-25/h5-8,13,16,19H,3-4,9-12,14-15H2,1-2H3,(H,22,26). The molecule has 1 fully saturated rings. The maximum Gasteiger partial charge on any atom is 0.275 e. The van der Waals surface area contributed by atoms with Crippen molar-refractivity contribution in [2.75, 3.05) is 32.8 Å². The average molecular weight is 386 g/mol. The van der Waals surface area contributed by atoms with Crippen molar-refractivity contribution in [3.05, 3.63) is 40.8 Å². The number of hydrogen-bond acceptors (Lipinski definition) is 5. The van der Waals surface area contributed by atoms with Gasteiger partial charge in [-0.25, -0.2) is 4.68 Å². The van der Waals surface area contributed by atoms with Crippen LogP contribution in [0.1, 0.15) is 26.7 Å². The zero-order chi connectivity index (χ0) is 19.9. The summed E-state index contributed by atoms with van der Waals surface area (Å²) in [6.07, 6.45) is 3.77. The van der Waals surface area contributed by atoms with Crippen LogP contribution in [0.4, 0.5) is 0 Å². The zero-order valence-electron chi connectivity index (χ0n) is 16.8. The average Bonchev–Trinajstić information content (AvgIpc) is 2.74. The lowest BCUT2D eigenvalue weighted by Gasteiger charge is -2.38. The van der Waals surface area contributed by atoms with E-state index in [0.29, 0.717) is 17.8 Å². The first-order valence-electron chi connectivity index (χ1n) is 10.2. The van der Waals surface area contributed by atoms with Gasteiger partial charge in [0.15, 0.2) is 0 Å². The number of amides is 1. The molecule has 7 heteroatoms. The van der Waals surface area contributed by atoms with E-state index in [1.807, 2.05) is 18.2 Å². The molecule has 28 heavy (non-hydrogen) atoms. The number of hydrogen-bond donors (Lipinski definition) is 1. The van der Waals surface area contributed by atoms with Crippen molar-refractivity contribution in [1.82, 2.24) is 20.0 Å². The Balaban J connectivity index is 1.66. The number of ether oxygens (including phenoxy) is 1. The van der Waals surface area contributed by atoms with E-state index in [0.717, 1.165) is 44.5 Å². The quantitative estimate of drug-likeness (QED) is 0.747. The number of benzene rings is 1. The van der Waals surface area contributed by atoms with Crippen LogP contribution in [-0.4, -0.2) is 59.5 Å². The molecule has 1 aromatic heterocycles. The number of nitrogens with one attached hydrogen (secondary N) is 1. The Bertz CT molecular complexity index is 841. The van der Waals surface area contributed by atoms with Gasteiger partial charge in [-0.15, -0.1) is 0 Å². The number of rotatable bonds is 8. The Morgan fingerprint density at radius 1 is 1.21 bits per heavy atom. The lowest BCUT2D eigenvalue weighted by atomic mass is 9.92. The highest BCUT2D eigenvalue weighted by Gasteiger charge is 2.27. The second kappa shape index (κ2) is 9.80. The van der Waals surface area contributed by atoms with Gasteiger partial charge in [0.2, 0.25) is 5.91 Å². The molecule has 2 heterocycles. The number of morpholine rings is 1. The van der Waals surface area contributed by atoms with Gasteiger partial charge in [-0.3, -0.25) is 14.5 Å². The van der Waals surface area contributed by atoms with E-state index in [1.54, 1.807) is 12.3 Å². The van der Waals surface area contributed by atoms with Crippen LogP contribution >= 0.6 is 0 Å². The maximum absolute atomic E-state index is 12.5. The lowest BCUT2D eigenvalue weighted by Crippen LogP contribution is -2.52. The molecule has 0 aliphatic carbocycles. The van der Waals surface area contributed by atoms with E-state index in [-0.39, 0.29) is 24.1 Å². The van der Waals surface area contributed by atoms with Crippen molar-refractivity contribution in [2.24, 2.45) is 5.92 Å². The van der Waals surface area contributed by atoms with Gasteiger partial charge in [0, 0.05) is 31.1 Å². The van der Waals surface area contributed by atoms with E-state index in [9.17, 15) is 9.59 Å².